The molecule has 110 valence electrons. The predicted molar refractivity (Wildman–Crippen MR) is 77.8 cm³/mol. The van der Waals surface area contributed by atoms with Gasteiger partial charge in [-0.15, -0.1) is 0 Å². The number of hydrogen-bond donors (Lipinski definition) is 1. The SMILES string of the molecule is CC(C)C1NC(C)N(CCN(C)C2CCCC2)C1=O. The zero-order chi connectivity index (χ0) is 14.0. The van der Waals surface area contributed by atoms with E-state index in [-0.39, 0.29) is 18.1 Å². The third kappa shape index (κ3) is 3.29. The van der Waals surface area contributed by atoms with E-state index >= 15 is 0 Å². The second-order valence-corrected chi connectivity index (χ2v) is 6.51. The Morgan fingerprint density at radius 1 is 1.37 bits per heavy atom. The van der Waals surface area contributed by atoms with Crippen LogP contribution in [0.15, 0.2) is 0 Å². The van der Waals surface area contributed by atoms with Crippen LogP contribution < -0.4 is 5.32 Å². The van der Waals surface area contributed by atoms with Crippen molar-refractivity contribution in [3.8, 4) is 0 Å². The van der Waals surface area contributed by atoms with Gasteiger partial charge in [-0.1, -0.05) is 26.7 Å². The van der Waals surface area contributed by atoms with E-state index in [1.165, 1.54) is 25.7 Å². The number of nitrogens with zero attached hydrogens (tertiary/aromatic N) is 2. The van der Waals surface area contributed by atoms with Gasteiger partial charge in [0.25, 0.3) is 0 Å². The molecule has 1 aliphatic heterocycles. The lowest BCUT2D eigenvalue weighted by molar-refractivity contribution is -0.130. The summed E-state index contributed by atoms with van der Waals surface area (Å²) in [6.07, 6.45) is 5.56. The molecule has 2 rings (SSSR count). The van der Waals surface area contributed by atoms with E-state index in [0.717, 1.165) is 19.1 Å². The van der Waals surface area contributed by atoms with Crippen molar-refractivity contribution >= 4 is 5.91 Å². The van der Waals surface area contributed by atoms with E-state index in [0.29, 0.717) is 5.92 Å². The van der Waals surface area contributed by atoms with E-state index in [2.05, 4.69) is 38.0 Å². The van der Waals surface area contributed by atoms with Crippen LogP contribution in [0.1, 0.15) is 46.5 Å². The van der Waals surface area contributed by atoms with Crippen molar-refractivity contribution in [2.45, 2.75) is 64.7 Å². The van der Waals surface area contributed by atoms with Gasteiger partial charge in [-0.2, -0.15) is 0 Å². The Kier molecular flexibility index (Phi) is 4.85. The third-order valence-corrected chi connectivity index (χ3v) is 4.75. The lowest BCUT2D eigenvalue weighted by Crippen LogP contribution is -2.42. The molecule has 1 N–H and O–H groups in total. The van der Waals surface area contributed by atoms with E-state index < -0.39 is 0 Å². The molecule has 0 radical (unpaired) electrons. The minimum Gasteiger partial charge on any atom is -0.325 e. The van der Waals surface area contributed by atoms with Crippen LogP contribution >= 0.6 is 0 Å². The Labute approximate surface area is 117 Å². The van der Waals surface area contributed by atoms with Gasteiger partial charge in [0.1, 0.15) is 0 Å². The first-order valence-corrected chi connectivity index (χ1v) is 7.77. The fourth-order valence-electron chi connectivity index (χ4n) is 3.37. The zero-order valence-electron chi connectivity index (χ0n) is 12.9. The highest BCUT2D eigenvalue weighted by Crippen LogP contribution is 2.22. The molecule has 4 heteroatoms. The molecule has 2 unspecified atom stereocenters. The summed E-state index contributed by atoms with van der Waals surface area (Å²) in [4.78, 5) is 16.8. The van der Waals surface area contributed by atoms with E-state index in [9.17, 15) is 4.79 Å². The minimum atomic E-state index is 0.00628. The summed E-state index contributed by atoms with van der Waals surface area (Å²) in [5.41, 5.74) is 0. The van der Waals surface area contributed by atoms with Crippen molar-refractivity contribution in [1.82, 2.24) is 15.1 Å². The van der Waals surface area contributed by atoms with Gasteiger partial charge in [-0.25, -0.2) is 0 Å². The van der Waals surface area contributed by atoms with Gasteiger partial charge in [-0.05, 0) is 32.7 Å². The van der Waals surface area contributed by atoms with E-state index in [1.807, 2.05) is 4.90 Å². The summed E-state index contributed by atoms with van der Waals surface area (Å²) < 4.78 is 0. The highest BCUT2D eigenvalue weighted by molar-refractivity contribution is 5.84. The average molecular weight is 267 g/mol. The number of nitrogens with one attached hydrogen (secondary N) is 1. The van der Waals surface area contributed by atoms with Gasteiger partial charge in [0.05, 0.1) is 12.2 Å². The zero-order valence-corrected chi connectivity index (χ0v) is 12.9. The standard InChI is InChI=1S/C15H29N3O/c1-11(2)14-15(19)18(12(3)16-14)10-9-17(4)13-7-5-6-8-13/h11-14,16H,5-10H2,1-4H3. The molecule has 1 saturated carbocycles. The third-order valence-electron chi connectivity index (χ3n) is 4.75. The van der Waals surface area contributed by atoms with Crippen molar-refractivity contribution in [2.24, 2.45) is 5.92 Å². The molecule has 0 aromatic rings. The summed E-state index contributed by atoms with van der Waals surface area (Å²) in [5.74, 6) is 0.648. The van der Waals surface area contributed by atoms with Crippen LogP contribution in [0.4, 0.5) is 0 Å². The monoisotopic (exact) mass is 267 g/mol. The summed E-state index contributed by atoms with van der Waals surface area (Å²) in [5, 5.41) is 3.40. The largest absolute Gasteiger partial charge is 0.325 e. The highest BCUT2D eigenvalue weighted by atomic mass is 16.2. The van der Waals surface area contributed by atoms with Crippen molar-refractivity contribution in [3.63, 3.8) is 0 Å². The maximum absolute atomic E-state index is 12.3. The van der Waals surface area contributed by atoms with Gasteiger partial charge < -0.3 is 9.80 Å². The number of amides is 1. The molecule has 1 aliphatic carbocycles. The second kappa shape index (κ2) is 6.23. The maximum Gasteiger partial charge on any atom is 0.241 e. The summed E-state index contributed by atoms with van der Waals surface area (Å²) >= 11 is 0. The number of rotatable bonds is 5. The van der Waals surface area contributed by atoms with Gasteiger partial charge in [0, 0.05) is 19.1 Å². The molecule has 1 saturated heterocycles. The normalized spacial score (nSPS) is 29.2. The molecule has 2 atom stereocenters. The summed E-state index contributed by atoms with van der Waals surface area (Å²) in [6.45, 7) is 8.15. The Bertz CT molecular complexity index is 313. The molecule has 0 spiro atoms. The molecule has 2 fully saturated rings. The number of hydrogen-bond acceptors (Lipinski definition) is 3. The molecule has 2 aliphatic rings. The quantitative estimate of drug-likeness (QED) is 0.823. The molecule has 1 heterocycles. The van der Waals surface area contributed by atoms with Crippen LogP contribution in [0.2, 0.25) is 0 Å². The fourth-order valence-corrected chi connectivity index (χ4v) is 3.37. The number of likely N-dealkylation sites (N-methyl/N-ethyl adjacent to an activating group) is 1. The maximum atomic E-state index is 12.3. The van der Waals surface area contributed by atoms with Crippen LogP contribution in [0.5, 0.6) is 0 Å². The topological polar surface area (TPSA) is 35.6 Å². The highest BCUT2D eigenvalue weighted by Gasteiger charge is 2.37. The first kappa shape index (κ1) is 14.8. The Hall–Kier alpha value is -0.610. The smallest absolute Gasteiger partial charge is 0.241 e. The average Bonchev–Trinajstić information content (AvgIpc) is 2.96. The van der Waals surface area contributed by atoms with E-state index in [4.69, 9.17) is 0 Å². The Morgan fingerprint density at radius 2 is 2.00 bits per heavy atom. The van der Waals surface area contributed by atoms with Gasteiger partial charge >= 0.3 is 0 Å². The van der Waals surface area contributed by atoms with Crippen molar-refractivity contribution < 1.29 is 4.79 Å². The molecule has 4 nitrogen and oxygen atoms in total. The van der Waals surface area contributed by atoms with Crippen molar-refractivity contribution in [3.05, 3.63) is 0 Å². The lowest BCUT2D eigenvalue weighted by atomic mass is 10.1. The van der Waals surface area contributed by atoms with Crippen LogP contribution in [0.3, 0.4) is 0 Å². The van der Waals surface area contributed by atoms with Crippen LogP contribution in [-0.4, -0.2) is 54.1 Å². The molecular formula is C15H29N3O. The predicted octanol–water partition coefficient (Wildman–Crippen LogP) is 1.66. The fraction of sp³-hybridized carbons (Fsp3) is 0.933. The van der Waals surface area contributed by atoms with Crippen LogP contribution in [0.25, 0.3) is 0 Å². The first-order valence-electron chi connectivity index (χ1n) is 7.77. The van der Waals surface area contributed by atoms with Crippen molar-refractivity contribution in [1.29, 1.82) is 0 Å². The molecule has 1 amide bonds. The van der Waals surface area contributed by atoms with Crippen LogP contribution in [0, 0.1) is 5.92 Å². The molecule has 19 heavy (non-hydrogen) atoms. The number of carbonyl (C=O) groups is 1. The Balaban J connectivity index is 1.83. The summed E-state index contributed by atoms with van der Waals surface area (Å²) in [6, 6.07) is 0.744. The molecule has 0 aromatic carbocycles. The molecule has 0 aromatic heterocycles. The Morgan fingerprint density at radius 3 is 2.53 bits per heavy atom. The van der Waals surface area contributed by atoms with E-state index in [1.54, 1.807) is 0 Å². The molecule has 0 bridgehead atoms. The van der Waals surface area contributed by atoms with Gasteiger partial charge in [-0.3, -0.25) is 10.1 Å². The van der Waals surface area contributed by atoms with Gasteiger partial charge in [0.15, 0.2) is 0 Å². The minimum absolute atomic E-state index is 0.00628. The van der Waals surface area contributed by atoms with Crippen molar-refractivity contribution in [2.75, 3.05) is 20.1 Å². The summed E-state index contributed by atoms with van der Waals surface area (Å²) in [7, 11) is 2.20. The number of carbonyl (C=O) groups excluding carboxylic acids is 1. The van der Waals surface area contributed by atoms with Gasteiger partial charge in [0.2, 0.25) is 5.91 Å². The molecular weight excluding hydrogens is 238 g/mol. The lowest BCUT2D eigenvalue weighted by Gasteiger charge is -2.28. The second-order valence-electron chi connectivity index (χ2n) is 6.51. The van der Waals surface area contributed by atoms with Crippen LogP contribution in [-0.2, 0) is 4.79 Å². The first-order chi connectivity index (χ1) is 9.00.